The molecule has 1 aromatic rings. The second-order valence-electron chi connectivity index (χ2n) is 4.84. The van der Waals surface area contributed by atoms with Crippen LogP contribution in [0.4, 0.5) is 0 Å². The average molecular weight is 236 g/mol. The van der Waals surface area contributed by atoms with Crippen molar-refractivity contribution in [3.05, 3.63) is 17.6 Å². The number of aliphatic hydroxyl groups excluding tert-OH is 1. The second-order valence-corrected chi connectivity index (χ2v) is 4.84. The molecule has 1 fully saturated rings. The Morgan fingerprint density at radius 1 is 1.24 bits per heavy atom. The van der Waals surface area contributed by atoms with Crippen molar-refractivity contribution in [1.82, 2.24) is 9.97 Å². The summed E-state index contributed by atoms with van der Waals surface area (Å²) in [4.78, 5) is 8.51. The van der Waals surface area contributed by atoms with Gasteiger partial charge >= 0.3 is 0 Å². The van der Waals surface area contributed by atoms with Gasteiger partial charge in [-0.05, 0) is 45.4 Å². The fraction of sp³-hybridized carbons (Fsp3) is 0.692. The monoisotopic (exact) mass is 236 g/mol. The van der Waals surface area contributed by atoms with Crippen LogP contribution in [0.2, 0.25) is 0 Å². The van der Waals surface area contributed by atoms with E-state index in [2.05, 4.69) is 9.97 Å². The zero-order chi connectivity index (χ0) is 12.3. The molecule has 1 heterocycles. The van der Waals surface area contributed by atoms with Crippen LogP contribution in [0.15, 0.2) is 6.07 Å². The lowest BCUT2D eigenvalue weighted by molar-refractivity contribution is 0.100. The first-order valence-electron chi connectivity index (χ1n) is 6.27. The van der Waals surface area contributed by atoms with E-state index < -0.39 is 0 Å². The number of aliphatic hydroxyl groups is 1. The molecule has 1 aliphatic rings. The minimum absolute atomic E-state index is 0.242. The molecule has 1 saturated carbocycles. The number of aromatic nitrogens is 2. The van der Waals surface area contributed by atoms with Gasteiger partial charge in [-0.25, -0.2) is 4.98 Å². The molecule has 0 radical (unpaired) electrons. The van der Waals surface area contributed by atoms with Gasteiger partial charge in [0.05, 0.1) is 0 Å². The maximum atomic E-state index is 9.08. The first-order valence-corrected chi connectivity index (χ1v) is 6.27. The summed E-state index contributed by atoms with van der Waals surface area (Å²) < 4.78 is 5.88. The van der Waals surface area contributed by atoms with Gasteiger partial charge in [-0.15, -0.1) is 0 Å². The molecule has 4 heteroatoms. The quantitative estimate of drug-likeness (QED) is 0.872. The molecule has 0 spiro atoms. The minimum atomic E-state index is 0.242. The number of rotatable bonds is 3. The van der Waals surface area contributed by atoms with Gasteiger partial charge in [-0.2, -0.15) is 4.98 Å². The third kappa shape index (κ3) is 3.40. The lowest BCUT2D eigenvalue weighted by Crippen LogP contribution is -2.26. The van der Waals surface area contributed by atoms with Crippen LogP contribution in [0.1, 0.15) is 37.2 Å². The van der Waals surface area contributed by atoms with Gasteiger partial charge in [0.25, 0.3) is 0 Å². The molecule has 1 aromatic heterocycles. The normalized spacial score (nSPS) is 24.6. The van der Waals surface area contributed by atoms with Crippen molar-refractivity contribution in [2.45, 2.75) is 45.6 Å². The van der Waals surface area contributed by atoms with Crippen molar-refractivity contribution in [2.24, 2.45) is 5.92 Å². The van der Waals surface area contributed by atoms with E-state index >= 15 is 0 Å². The van der Waals surface area contributed by atoms with Crippen molar-refractivity contribution in [3.63, 3.8) is 0 Å². The standard InChI is InChI=1S/C13H20N2O2/c1-9-7-13(15-10(2)14-9)17-12-5-3-11(8-16)4-6-12/h7,11-12,16H,3-6,8H2,1-2H3. The van der Waals surface area contributed by atoms with Crippen molar-refractivity contribution in [1.29, 1.82) is 0 Å². The zero-order valence-corrected chi connectivity index (χ0v) is 10.5. The fourth-order valence-electron chi connectivity index (χ4n) is 2.35. The first kappa shape index (κ1) is 12.3. The van der Waals surface area contributed by atoms with Gasteiger partial charge in [-0.3, -0.25) is 0 Å². The highest BCUT2D eigenvalue weighted by atomic mass is 16.5. The molecule has 0 saturated heterocycles. The Balaban J connectivity index is 1.93. The summed E-state index contributed by atoms with van der Waals surface area (Å²) in [6, 6.07) is 1.88. The lowest BCUT2D eigenvalue weighted by Gasteiger charge is -2.27. The Bertz CT molecular complexity index is 353. The summed E-state index contributed by atoms with van der Waals surface area (Å²) in [6.45, 7) is 4.13. The highest BCUT2D eigenvalue weighted by molar-refractivity contribution is 5.15. The van der Waals surface area contributed by atoms with Gasteiger partial charge in [-0.1, -0.05) is 0 Å². The zero-order valence-electron chi connectivity index (χ0n) is 10.5. The SMILES string of the molecule is Cc1cc(OC2CCC(CO)CC2)nc(C)n1. The molecule has 0 atom stereocenters. The third-order valence-corrected chi connectivity index (χ3v) is 3.28. The Hall–Kier alpha value is -1.16. The van der Waals surface area contributed by atoms with Crippen LogP contribution in [-0.2, 0) is 0 Å². The van der Waals surface area contributed by atoms with Crippen LogP contribution in [0, 0.1) is 19.8 Å². The molecular formula is C13H20N2O2. The summed E-state index contributed by atoms with van der Waals surface area (Å²) in [6.07, 6.45) is 4.35. The van der Waals surface area contributed by atoms with E-state index in [1.54, 1.807) is 0 Å². The van der Waals surface area contributed by atoms with Crippen LogP contribution in [-0.4, -0.2) is 27.8 Å². The molecule has 0 aromatic carbocycles. The van der Waals surface area contributed by atoms with E-state index in [1.165, 1.54) is 0 Å². The number of aryl methyl sites for hydroxylation is 2. The second kappa shape index (κ2) is 5.45. The molecule has 94 valence electrons. The maximum Gasteiger partial charge on any atom is 0.217 e. The summed E-state index contributed by atoms with van der Waals surface area (Å²) in [5.74, 6) is 1.90. The molecule has 17 heavy (non-hydrogen) atoms. The van der Waals surface area contributed by atoms with E-state index in [-0.39, 0.29) is 6.10 Å². The average Bonchev–Trinajstić information content (AvgIpc) is 2.28. The van der Waals surface area contributed by atoms with Crippen molar-refractivity contribution in [2.75, 3.05) is 6.61 Å². The number of nitrogens with zero attached hydrogens (tertiary/aromatic N) is 2. The summed E-state index contributed by atoms with van der Waals surface area (Å²) in [7, 11) is 0. The molecule has 2 rings (SSSR count). The van der Waals surface area contributed by atoms with E-state index in [0.29, 0.717) is 18.4 Å². The third-order valence-electron chi connectivity index (χ3n) is 3.28. The molecule has 0 amide bonds. The largest absolute Gasteiger partial charge is 0.474 e. The predicted molar refractivity (Wildman–Crippen MR) is 65.0 cm³/mol. The first-order chi connectivity index (χ1) is 8.17. The van der Waals surface area contributed by atoms with E-state index in [9.17, 15) is 0 Å². The Morgan fingerprint density at radius 3 is 2.53 bits per heavy atom. The summed E-state index contributed by atoms with van der Waals surface area (Å²) in [5.41, 5.74) is 0.941. The van der Waals surface area contributed by atoms with E-state index in [0.717, 1.165) is 37.2 Å². The van der Waals surface area contributed by atoms with Crippen LogP contribution in [0.3, 0.4) is 0 Å². The smallest absolute Gasteiger partial charge is 0.217 e. The van der Waals surface area contributed by atoms with Crippen molar-refractivity contribution < 1.29 is 9.84 Å². The Kier molecular flexibility index (Phi) is 3.94. The summed E-state index contributed by atoms with van der Waals surface area (Å²) >= 11 is 0. The molecule has 0 aliphatic heterocycles. The summed E-state index contributed by atoms with van der Waals surface area (Å²) in [5, 5.41) is 9.08. The van der Waals surface area contributed by atoms with Crippen LogP contribution < -0.4 is 4.74 Å². The van der Waals surface area contributed by atoms with Gasteiger partial charge in [0, 0.05) is 18.4 Å². The predicted octanol–water partition coefficient (Wildman–Crippen LogP) is 2.02. The highest BCUT2D eigenvalue weighted by Crippen LogP contribution is 2.26. The van der Waals surface area contributed by atoms with Gasteiger partial charge < -0.3 is 9.84 Å². The molecule has 1 N–H and O–H groups in total. The molecule has 0 unspecified atom stereocenters. The Morgan fingerprint density at radius 2 is 1.94 bits per heavy atom. The van der Waals surface area contributed by atoms with Gasteiger partial charge in [0.15, 0.2) is 0 Å². The van der Waals surface area contributed by atoms with Crippen molar-refractivity contribution >= 4 is 0 Å². The number of ether oxygens (including phenoxy) is 1. The number of hydrogen-bond donors (Lipinski definition) is 1. The Labute approximate surface area is 102 Å². The van der Waals surface area contributed by atoms with Crippen LogP contribution >= 0.6 is 0 Å². The maximum absolute atomic E-state index is 9.08. The van der Waals surface area contributed by atoms with E-state index in [4.69, 9.17) is 9.84 Å². The lowest BCUT2D eigenvalue weighted by atomic mass is 9.88. The molecule has 1 aliphatic carbocycles. The molecule has 4 nitrogen and oxygen atoms in total. The highest BCUT2D eigenvalue weighted by Gasteiger charge is 2.22. The van der Waals surface area contributed by atoms with Crippen molar-refractivity contribution in [3.8, 4) is 5.88 Å². The molecular weight excluding hydrogens is 216 g/mol. The van der Waals surface area contributed by atoms with Gasteiger partial charge in [0.1, 0.15) is 11.9 Å². The number of hydrogen-bond acceptors (Lipinski definition) is 4. The minimum Gasteiger partial charge on any atom is -0.474 e. The van der Waals surface area contributed by atoms with Crippen LogP contribution in [0.25, 0.3) is 0 Å². The van der Waals surface area contributed by atoms with E-state index in [1.807, 2.05) is 19.9 Å². The topological polar surface area (TPSA) is 55.2 Å². The fourth-order valence-corrected chi connectivity index (χ4v) is 2.35. The van der Waals surface area contributed by atoms with Crippen LogP contribution in [0.5, 0.6) is 5.88 Å². The van der Waals surface area contributed by atoms with Gasteiger partial charge in [0.2, 0.25) is 5.88 Å². The molecule has 0 bridgehead atoms.